The van der Waals surface area contributed by atoms with E-state index in [2.05, 4.69) is 0 Å². The Bertz CT molecular complexity index is 284. The van der Waals surface area contributed by atoms with Gasteiger partial charge in [0.1, 0.15) is 0 Å². The Kier molecular flexibility index (Phi) is 3.09. The molecular weight excluding hydrogens is 178 g/mol. The summed E-state index contributed by atoms with van der Waals surface area (Å²) >= 11 is 1.31. The zero-order valence-electron chi connectivity index (χ0n) is 7.03. The first kappa shape index (κ1) is 9.52. The monoisotopic (exact) mass is 188 g/mol. The molecule has 0 amide bonds. The van der Waals surface area contributed by atoms with Crippen LogP contribution in [-0.2, 0) is 0 Å². The lowest BCUT2D eigenvalue weighted by Gasteiger charge is -2.03. The fraction of sp³-hybridized carbons (Fsp3) is 0.333. The van der Waals surface area contributed by atoms with Crippen LogP contribution in [0.2, 0.25) is 0 Å². The fourth-order valence-electron chi connectivity index (χ4n) is 0.895. The predicted molar refractivity (Wildman–Crippen MR) is 47.5 cm³/mol. The molecule has 0 aromatic heterocycles. The van der Waals surface area contributed by atoms with Crippen LogP contribution >= 0.6 is 11.8 Å². The molecule has 0 heterocycles. The van der Waals surface area contributed by atoms with Crippen LogP contribution < -0.4 is 0 Å². The maximum Gasteiger partial charge on any atom is 0.172 e. The van der Waals surface area contributed by atoms with Crippen molar-refractivity contribution in [3.05, 3.63) is 29.3 Å². The summed E-state index contributed by atoms with van der Waals surface area (Å²) in [5.74, 6) is -0.699. The van der Waals surface area contributed by atoms with Crippen LogP contribution in [0, 0.1) is 18.6 Å². The number of rotatable bonds is 2. The lowest BCUT2D eigenvalue weighted by molar-refractivity contribution is 0.486. The Morgan fingerprint density at radius 3 is 2.50 bits per heavy atom. The molecule has 0 aliphatic heterocycles. The molecule has 12 heavy (non-hydrogen) atoms. The van der Waals surface area contributed by atoms with E-state index in [1.807, 2.05) is 6.92 Å². The first-order valence-corrected chi connectivity index (χ1v) is 4.72. The van der Waals surface area contributed by atoms with Gasteiger partial charge >= 0.3 is 0 Å². The van der Waals surface area contributed by atoms with Crippen molar-refractivity contribution >= 4 is 11.8 Å². The van der Waals surface area contributed by atoms with Gasteiger partial charge in [0.05, 0.1) is 0 Å². The summed E-state index contributed by atoms with van der Waals surface area (Å²) in [7, 11) is 0. The zero-order valence-corrected chi connectivity index (χ0v) is 7.84. The van der Waals surface area contributed by atoms with Gasteiger partial charge in [-0.3, -0.25) is 0 Å². The molecular formula is C9H10F2S. The van der Waals surface area contributed by atoms with Crippen molar-refractivity contribution in [2.75, 3.05) is 5.75 Å². The van der Waals surface area contributed by atoms with Crippen molar-refractivity contribution < 1.29 is 8.78 Å². The molecule has 0 saturated carbocycles. The van der Waals surface area contributed by atoms with Gasteiger partial charge in [-0.2, -0.15) is 0 Å². The highest BCUT2D eigenvalue weighted by atomic mass is 32.2. The van der Waals surface area contributed by atoms with E-state index in [1.54, 1.807) is 19.1 Å². The Balaban J connectivity index is 3.08. The minimum atomic E-state index is -0.728. The van der Waals surface area contributed by atoms with Crippen molar-refractivity contribution in [1.82, 2.24) is 0 Å². The van der Waals surface area contributed by atoms with E-state index in [1.165, 1.54) is 11.8 Å². The average Bonchev–Trinajstić information content (AvgIpc) is 2.07. The minimum absolute atomic E-state index is 0.355. The van der Waals surface area contributed by atoms with Crippen LogP contribution in [0.1, 0.15) is 12.5 Å². The van der Waals surface area contributed by atoms with Crippen LogP contribution in [0.25, 0.3) is 0 Å². The number of benzene rings is 1. The molecule has 0 N–H and O–H groups in total. The summed E-state index contributed by atoms with van der Waals surface area (Å²) < 4.78 is 26.0. The summed E-state index contributed by atoms with van der Waals surface area (Å²) in [5, 5.41) is 0. The topological polar surface area (TPSA) is 0 Å². The van der Waals surface area contributed by atoms with Crippen molar-refractivity contribution in [3.63, 3.8) is 0 Å². The Hall–Kier alpha value is -0.570. The largest absolute Gasteiger partial charge is 0.203 e. The number of hydrogen-bond donors (Lipinski definition) is 0. The molecule has 0 spiro atoms. The lowest BCUT2D eigenvalue weighted by atomic mass is 10.2. The van der Waals surface area contributed by atoms with Gasteiger partial charge in [-0.1, -0.05) is 13.0 Å². The van der Waals surface area contributed by atoms with E-state index >= 15 is 0 Å². The molecule has 0 atom stereocenters. The first-order chi connectivity index (χ1) is 5.66. The van der Waals surface area contributed by atoms with E-state index in [9.17, 15) is 8.78 Å². The number of hydrogen-bond acceptors (Lipinski definition) is 1. The third-order valence-corrected chi connectivity index (χ3v) is 2.45. The highest BCUT2D eigenvalue weighted by molar-refractivity contribution is 7.99. The molecule has 0 bridgehead atoms. The number of halogens is 2. The van der Waals surface area contributed by atoms with Crippen molar-refractivity contribution in [2.45, 2.75) is 18.7 Å². The SMILES string of the molecule is CCSc1ccc(C)c(F)c1F. The Labute approximate surface area is 75.0 Å². The van der Waals surface area contributed by atoms with E-state index in [0.717, 1.165) is 5.75 Å². The molecule has 0 fully saturated rings. The Morgan fingerprint density at radius 2 is 1.92 bits per heavy atom. The van der Waals surface area contributed by atoms with Gasteiger partial charge in [0.25, 0.3) is 0 Å². The Morgan fingerprint density at radius 1 is 1.25 bits per heavy atom. The van der Waals surface area contributed by atoms with Crippen molar-refractivity contribution in [1.29, 1.82) is 0 Å². The van der Waals surface area contributed by atoms with Crippen LogP contribution in [0.5, 0.6) is 0 Å². The van der Waals surface area contributed by atoms with Crippen molar-refractivity contribution in [3.8, 4) is 0 Å². The van der Waals surface area contributed by atoms with Gasteiger partial charge in [0.15, 0.2) is 11.6 Å². The normalized spacial score (nSPS) is 10.3. The zero-order chi connectivity index (χ0) is 9.14. The second kappa shape index (κ2) is 3.90. The summed E-state index contributed by atoms with van der Waals surface area (Å²) in [6.45, 7) is 3.46. The van der Waals surface area contributed by atoms with Crippen LogP contribution in [-0.4, -0.2) is 5.75 Å². The van der Waals surface area contributed by atoms with Gasteiger partial charge in [-0.15, -0.1) is 11.8 Å². The van der Waals surface area contributed by atoms with Crippen LogP contribution in [0.15, 0.2) is 17.0 Å². The van der Waals surface area contributed by atoms with E-state index < -0.39 is 11.6 Å². The molecule has 0 aliphatic rings. The standard InChI is InChI=1S/C9H10F2S/c1-3-12-7-5-4-6(2)8(10)9(7)11/h4-5H,3H2,1-2H3. The summed E-state index contributed by atoms with van der Waals surface area (Å²) in [4.78, 5) is 0.389. The van der Waals surface area contributed by atoms with Gasteiger partial charge in [0.2, 0.25) is 0 Å². The van der Waals surface area contributed by atoms with Crippen LogP contribution in [0.4, 0.5) is 8.78 Å². The number of thioether (sulfide) groups is 1. The minimum Gasteiger partial charge on any atom is -0.203 e. The summed E-state index contributed by atoms with van der Waals surface area (Å²) in [6, 6.07) is 3.21. The summed E-state index contributed by atoms with van der Waals surface area (Å²) in [5.41, 5.74) is 0.355. The number of aryl methyl sites for hydroxylation is 1. The molecule has 0 aliphatic carbocycles. The second-order valence-electron chi connectivity index (χ2n) is 2.44. The molecule has 1 aromatic carbocycles. The fourth-order valence-corrected chi connectivity index (χ4v) is 1.59. The van der Waals surface area contributed by atoms with E-state index in [-0.39, 0.29) is 0 Å². The molecule has 66 valence electrons. The first-order valence-electron chi connectivity index (χ1n) is 3.74. The van der Waals surface area contributed by atoms with Gasteiger partial charge in [-0.05, 0) is 24.3 Å². The molecule has 1 aromatic rings. The second-order valence-corrected chi connectivity index (χ2v) is 3.75. The smallest absolute Gasteiger partial charge is 0.172 e. The molecule has 0 nitrogen and oxygen atoms in total. The van der Waals surface area contributed by atoms with E-state index in [0.29, 0.717) is 10.5 Å². The van der Waals surface area contributed by atoms with Gasteiger partial charge in [-0.25, -0.2) is 8.78 Å². The van der Waals surface area contributed by atoms with Crippen molar-refractivity contribution in [2.24, 2.45) is 0 Å². The van der Waals surface area contributed by atoms with Gasteiger partial charge < -0.3 is 0 Å². The third-order valence-electron chi connectivity index (χ3n) is 1.54. The lowest BCUT2D eigenvalue weighted by Crippen LogP contribution is -1.91. The average molecular weight is 188 g/mol. The molecule has 3 heteroatoms. The van der Waals surface area contributed by atoms with E-state index in [4.69, 9.17) is 0 Å². The summed E-state index contributed by atoms with van der Waals surface area (Å²) in [6.07, 6.45) is 0. The van der Waals surface area contributed by atoms with Gasteiger partial charge in [0, 0.05) is 4.90 Å². The molecule has 0 unspecified atom stereocenters. The highest BCUT2D eigenvalue weighted by Crippen LogP contribution is 2.24. The maximum atomic E-state index is 13.1. The predicted octanol–water partition coefficient (Wildman–Crippen LogP) is 3.39. The maximum absolute atomic E-state index is 13.1. The third kappa shape index (κ3) is 1.78. The molecule has 0 radical (unpaired) electrons. The molecule has 1 rings (SSSR count). The molecule has 0 saturated heterocycles. The quantitative estimate of drug-likeness (QED) is 0.641. The van der Waals surface area contributed by atoms with Crippen LogP contribution in [0.3, 0.4) is 0 Å². The highest BCUT2D eigenvalue weighted by Gasteiger charge is 2.09.